The Morgan fingerprint density at radius 3 is 2.74 bits per heavy atom. The number of methoxy groups -OCH3 is 1. The Balaban J connectivity index is 1.42. The van der Waals surface area contributed by atoms with Gasteiger partial charge in [-0.3, -0.25) is 10.3 Å². The molecular formula is C23H30N4O3S. The first kappa shape index (κ1) is 23.0. The predicted molar refractivity (Wildman–Crippen MR) is 127 cm³/mol. The highest BCUT2D eigenvalue weighted by Crippen LogP contribution is 2.28. The van der Waals surface area contributed by atoms with E-state index in [0.717, 1.165) is 56.9 Å². The van der Waals surface area contributed by atoms with Crippen molar-refractivity contribution >= 4 is 23.5 Å². The van der Waals surface area contributed by atoms with Crippen LogP contribution in [0.1, 0.15) is 17.5 Å². The van der Waals surface area contributed by atoms with Gasteiger partial charge in [0.1, 0.15) is 6.61 Å². The van der Waals surface area contributed by atoms with E-state index in [1.807, 2.05) is 48.5 Å². The lowest BCUT2D eigenvalue weighted by molar-refractivity contribution is 0.0376. The van der Waals surface area contributed by atoms with Crippen LogP contribution in [-0.4, -0.2) is 62.7 Å². The van der Waals surface area contributed by atoms with Gasteiger partial charge in [0, 0.05) is 19.6 Å². The number of hydrogen-bond donors (Lipinski definition) is 2. The molecule has 0 aliphatic carbocycles. The third kappa shape index (κ3) is 8.16. The van der Waals surface area contributed by atoms with E-state index in [2.05, 4.69) is 20.7 Å². The van der Waals surface area contributed by atoms with Gasteiger partial charge >= 0.3 is 0 Å². The van der Waals surface area contributed by atoms with Gasteiger partial charge in [-0.25, -0.2) is 0 Å². The summed E-state index contributed by atoms with van der Waals surface area (Å²) in [4.78, 5) is 2.40. The van der Waals surface area contributed by atoms with E-state index < -0.39 is 0 Å². The number of ether oxygens (including phenoxy) is 3. The molecule has 3 rings (SSSR count). The van der Waals surface area contributed by atoms with E-state index >= 15 is 0 Å². The SMILES string of the molecule is COc1ccc(/C=N/NC(=S)NCCCN2CCOCC2)cc1OCc1ccccc1. The van der Waals surface area contributed by atoms with Crippen LogP contribution >= 0.6 is 12.2 Å². The molecule has 2 aromatic carbocycles. The van der Waals surface area contributed by atoms with Gasteiger partial charge in [0.05, 0.1) is 26.5 Å². The number of morpholine rings is 1. The number of hydrazone groups is 1. The minimum atomic E-state index is 0.467. The van der Waals surface area contributed by atoms with Gasteiger partial charge in [-0.05, 0) is 54.5 Å². The first-order chi connectivity index (χ1) is 15.2. The third-order valence-electron chi connectivity index (χ3n) is 4.84. The summed E-state index contributed by atoms with van der Waals surface area (Å²) in [5.41, 5.74) is 4.83. The van der Waals surface area contributed by atoms with Gasteiger partial charge in [0.25, 0.3) is 0 Å². The Bertz CT molecular complexity index is 842. The molecule has 166 valence electrons. The van der Waals surface area contributed by atoms with Gasteiger partial charge in [0.2, 0.25) is 0 Å². The number of benzene rings is 2. The van der Waals surface area contributed by atoms with Gasteiger partial charge in [-0.2, -0.15) is 5.10 Å². The summed E-state index contributed by atoms with van der Waals surface area (Å²) in [7, 11) is 1.63. The van der Waals surface area contributed by atoms with Crippen LogP contribution in [0, 0.1) is 0 Å². The topological polar surface area (TPSA) is 67.4 Å². The number of nitrogens with one attached hydrogen (secondary N) is 2. The van der Waals surface area contributed by atoms with Crippen molar-refractivity contribution in [3.63, 3.8) is 0 Å². The quantitative estimate of drug-likeness (QED) is 0.254. The van der Waals surface area contributed by atoms with Crippen LogP contribution in [0.15, 0.2) is 53.6 Å². The van der Waals surface area contributed by atoms with Crippen LogP contribution in [0.4, 0.5) is 0 Å². The molecule has 0 spiro atoms. The minimum Gasteiger partial charge on any atom is -0.493 e. The lowest BCUT2D eigenvalue weighted by Gasteiger charge is -2.26. The molecule has 0 saturated carbocycles. The summed E-state index contributed by atoms with van der Waals surface area (Å²) in [5.74, 6) is 1.35. The molecule has 1 aliphatic rings. The molecule has 2 aromatic rings. The number of rotatable bonds is 10. The fourth-order valence-electron chi connectivity index (χ4n) is 3.16. The highest BCUT2D eigenvalue weighted by molar-refractivity contribution is 7.80. The lowest BCUT2D eigenvalue weighted by Crippen LogP contribution is -2.39. The van der Waals surface area contributed by atoms with Crippen molar-refractivity contribution in [3.8, 4) is 11.5 Å². The number of hydrogen-bond acceptors (Lipinski definition) is 6. The molecule has 0 radical (unpaired) electrons. The number of nitrogens with zero attached hydrogens (tertiary/aromatic N) is 2. The monoisotopic (exact) mass is 442 g/mol. The molecule has 0 amide bonds. The van der Waals surface area contributed by atoms with Gasteiger partial charge in [-0.1, -0.05) is 30.3 Å². The van der Waals surface area contributed by atoms with Gasteiger partial charge < -0.3 is 19.5 Å². The first-order valence-corrected chi connectivity index (χ1v) is 10.9. The molecular weight excluding hydrogens is 412 g/mol. The van der Waals surface area contributed by atoms with Crippen LogP contribution in [0.25, 0.3) is 0 Å². The van der Waals surface area contributed by atoms with Crippen molar-refractivity contribution in [2.75, 3.05) is 46.5 Å². The molecule has 8 heteroatoms. The molecule has 0 bridgehead atoms. The summed E-state index contributed by atoms with van der Waals surface area (Å²) < 4.78 is 16.7. The maximum atomic E-state index is 5.94. The van der Waals surface area contributed by atoms with Crippen molar-refractivity contribution < 1.29 is 14.2 Å². The Morgan fingerprint density at radius 1 is 1.16 bits per heavy atom. The van der Waals surface area contributed by atoms with E-state index in [0.29, 0.717) is 23.2 Å². The minimum absolute atomic E-state index is 0.467. The largest absolute Gasteiger partial charge is 0.493 e. The Hall–Kier alpha value is -2.68. The Labute approximate surface area is 189 Å². The molecule has 31 heavy (non-hydrogen) atoms. The predicted octanol–water partition coefficient (Wildman–Crippen LogP) is 2.79. The fraction of sp³-hybridized carbons (Fsp3) is 0.391. The second kappa shape index (κ2) is 12.9. The lowest BCUT2D eigenvalue weighted by atomic mass is 10.2. The zero-order valence-corrected chi connectivity index (χ0v) is 18.7. The van der Waals surface area contributed by atoms with E-state index in [1.54, 1.807) is 13.3 Å². The average Bonchev–Trinajstić information content (AvgIpc) is 2.82. The molecule has 2 N–H and O–H groups in total. The fourth-order valence-corrected chi connectivity index (χ4v) is 3.31. The average molecular weight is 443 g/mol. The van der Waals surface area contributed by atoms with Crippen molar-refractivity contribution in [2.45, 2.75) is 13.0 Å². The van der Waals surface area contributed by atoms with E-state index in [1.165, 1.54) is 0 Å². The maximum Gasteiger partial charge on any atom is 0.186 e. The second-order valence-corrected chi connectivity index (χ2v) is 7.53. The van der Waals surface area contributed by atoms with Crippen molar-refractivity contribution in [1.29, 1.82) is 0 Å². The molecule has 1 heterocycles. The molecule has 0 atom stereocenters. The maximum absolute atomic E-state index is 5.94. The molecule has 1 fully saturated rings. The van der Waals surface area contributed by atoms with Crippen LogP contribution in [-0.2, 0) is 11.3 Å². The Morgan fingerprint density at radius 2 is 1.97 bits per heavy atom. The molecule has 1 aliphatic heterocycles. The number of thiocarbonyl (C=S) groups is 1. The zero-order chi connectivity index (χ0) is 21.7. The first-order valence-electron chi connectivity index (χ1n) is 10.5. The molecule has 1 saturated heterocycles. The molecule has 7 nitrogen and oxygen atoms in total. The highest BCUT2D eigenvalue weighted by atomic mass is 32.1. The van der Waals surface area contributed by atoms with E-state index in [-0.39, 0.29) is 0 Å². The second-order valence-electron chi connectivity index (χ2n) is 7.12. The summed E-state index contributed by atoms with van der Waals surface area (Å²) in [5, 5.41) is 7.91. The third-order valence-corrected chi connectivity index (χ3v) is 5.08. The van der Waals surface area contributed by atoms with Gasteiger partial charge in [-0.15, -0.1) is 0 Å². The van der Waals surface area contributed by atoms with Crippen LogP contribution in [0.2, 0.25) is 0 Å². The van der Waals surface area contributed by atoms with Crippen molar-refractivity contribution in [2.24, 2.45) is 5.10 Å². The molecule has 0 unspecified atom stereocenters. The summed E-state index contributed by atoms with van der Waals surface area (Å²) in [6, 6.07) is 15.7. The summed E-state index contributed by atoms with van der Waals surface area (Å²) >= 11 is 5.29. The standard InChI is InChI=1S/C23H30N4O3S/c1-28-21-9-8-20(16-22(21)30-18-19-6-3-2-4-7-19)17-25-26-23(31)24-10-5-11-27-12-14-29-15-13-27/h2-4,6-9,16-17H,5,10-15,18H2,1H3,(H2,24,26,31)/b25-17+. The smallest absolute Gasteiger partial charge is 0.186 e. The Kier molecular flexibility index (Phi) is 9.56. The summed E-state index contributed by atoms with van der Waals surface area (Å²) in [6.45, 7) is 5.98. The van der Waals surface area contributed by atoms with Crippen LogP contribution in [0.5, 0.6) is 11.5 Å². The van der Waals surface area contributed by atoms with E-state index in [9.17, 15) is 0 Å². The van der Waals surface area contributed by atoms with Crippen molar-refractivity contribution in [3.05, 3.63) is 59.7 Å². The zero-order valence-electron chi connectivity index (χ0n) is 17.9. The van der Waals surface area contributed by atoms with E-state index in [4.69, 9.17) is 26.4 Å². The molecule has 0 aromatic heterocycles. The highest BCUT2D eigenvalue weighted by Gasteiger charge is 2.09. The van der Waals surface area contributed by atoms with Crippen molar-refractivity contribution in [1.82, 2.24) is 15.6 Å². The van der Waals surface area contributed by atoms with Crippen LogP contribution in [0.3, 0.4) is 0 Å². The summed E-state index contributed by atoms with van der Waals surface area (Å²) in [6.07, 6.45) is 2.72. The van der Waals surface area contributed by atoms with Crippen LogP contribution < -0.4 is 20.2 Å². The van der Waals surface area contributed by atoms with Gasteiger partial charge in [0.15, 0.2) is 16.6 Å². The normalized spacial score (nSPS) is 14.4.